The van der Waals surface area contributed by atoms with E-state index in [0.717, 1.165) is 10.3 Å². The predicted octanol–water partition coefficient (Wildman–Crippen LogP) is 2.14. The average Bonchev–Trinajstić information content (AvgIpc) is 2.07. The first-order valence-electron chi connectivity index (χ1n) is 3.46. The number of nitrogens with zero attached hydrogens (tertiary/aromatic N) is 1. The van der Waals surface area contributed by atoms with Gasteiger partial charge in [-0.15, -0.1) is 0 Å². The zero-order valence-corrected chi connectivity index (χ0v) is 8.54. The number of hydrogen-bond donors (Lipinski definition) is 0. The van der Waals surface area contributed by atoms with Crippen molar-refractivity contribution < 1.29 is 9.47 Å². The standard InChI is InChI=1S/C8H10BrNO2/c1-11-8(12-2)6-4-3-5-7(9)10-6/h3-5,8H,1-2H3. The van der Waals surface area contributed by atoms with Crippen LogP contribution in [0.3, 0.4) is 0 Å². The second-order valence-corrected chi connectivity index (χ2v) is 3.00. The topological polar surface area (TPSA) is 31.4 Å². The molecule has 4 heteroatoms. The third-order valence-electron chi connectivity index (χ3n) is 1.41. The number of methoxy groups -OCH3 is 2. The molecule has 66 valence electrons. The fraction of sp³-hybridized carbons (Fsp3) is 0.375. The van der Waals surface area contributed by atoms with E-state index in [4.69, 9.17) is 9.47 Å². The van der Waals surface area contributed by atoms with Gasteiger partial charge in [0.1, 0.15) is 4.60 Å². The van der Waals surface area contributed by atoms with Crippen LogP contribution in [0, 0.1) is 0 Å². The highest BCUT2D eigenvalue weighted by molar-refractivity contribution is 9.10. The summed E-state index contributed by atoms with van der Waals surface area (Å²) in [4.78, 5) is 4.18. The van der Waals surface area contributed by atoms with Gasteiger partial charge < -0.3 is 9.47 Å². The molecule has 0 radical (unpaired) electrons. The maximum Gasteiger partial charge on any atom is 0.200 e. The third-order valence-corrected chi connectivity index (χ3v) is 1.85. The van der Waals surface area contributed by atoms with Crippen LogP contribution < -0.4 is 0 Å². The largest absolute Gasteiger partial charge is 0.350 e. The molecule has 0 saturated heterocycles. The van der Waals surface area contributed by atoms with Crippen molar-refractivity contribution in [2.24, 2.45) is 0 Å². The molecule has 12 heavy (non-hydrogen) atoms. The molecule has 0 aromatic carbocycles. The van der Waals surface area contributed by atoms with E-state index >= 15 is 0 Å². The Balaban J connectivity index is 2.85. The Morgan fingerprint density at radius 2 is 2.00 bits per heavy atom. The summed E-state index contributed by atoms with van der Waals surface area (Å²) in [7, 11) is 3.16. The number of hydrogen-bond acceptors (Lipinski definition) is 3. The van der Waals surface area contributed by atoms with E-state index in [1.165, 1.54) is 0 Å². The van der Waals surface area contributed by atoms with Crippen molar-refractivity contribution >= 4 is 15.9 Å². The smallest absolute Gasteiger partial charge is 0.200 e. The van der Waals surface area contributed by atoms with E-state index in [1.54, 1.807) is 14.2 Å². The van der Waals surface area contributed by atoms with Gasteiger partial charge in [-0.3, -0.25) is 0 Å². The van der Waals surface area contributed by atoms with Crippen LogP contribution in [0.15, 0.2) is 22.8 Å². The molecule has 0 bridgehead atoms. The minimum atomic E-state index is -0.387. The molecule has 0 unspecified atom stereocenters. The second-order valence-electron chi connectivity index (χ2n) is 2.19. The highest BCUT2D eigenvalue weighted by Gasteiger charge is 2.09. The molecule has 0 aliphatic heterocycles. The molecule has 3 nitrogen and oxygen atoms in total. The lowest BCUT2D eigenvalue weighted by molar-refractivity contribution is -0.108. The molecular weight excluding hydrogens is 222 g/mol. The van der Waals surface area contributed by atoms with Gasteiger partial charge in [-0.1, -0.05) is 6.07 Å². The quantitative estimate of drug-likeness (QED) is 0.591. The molecule has 1 aromatic rings. The van der Waals surface area contributed by atoms with Crippen molar-refractivity contribution in [1.82, 2.24) is 4.98 Å². The summed E-state index contributed by atoms with van der Waals surface area (Å²) in [6.07, 6.45) is -0.387. The zero-order chi connectivity index (χ0) is 8.97. The minimum Gasteiger partial charge on any atom is -0.350 e. The van der Waals surface area contributed by atoms with Crippen LogP contribution in [0.4, 0.5) is 0 Å². The molecule has 0 amide bonds. The van der Waals surface area contributed by atoms with E-state index in [9.17, 15) is 0 Å². The van der Waals surface area contributed by atoms with Crippen molar-refractivity contribution in [2.45, 2.75) is 6.29 Å². The van der Waals surface area contributed by atoms with Crippen molar-refractivity contribution in [2.75, 3.05) is 14.2 Å². The van der Waals surface area contributed by atoms with Crippen LogP contribution in [0.25, 0.3) is 0 Å². The summed E-state index contributed by atoms with van der Waals surface area (Å²) in [6.45, 7) is 0. The first kappa shape index (κ1) is 9.64. The zero-order valence-electron chi connectivity index (χ0n) is 6.95. The molecule has 0 atom stereocenters. The van der Waals surface area contributed by atoms with Gasteiger partial charge in [-0.2, -0.15) is 0 Å². The van der Waals surface area contributed by atoms with Crippen molar-refractivity contribution in [3.05, 3.63) is 28.5 Å². The number of rotatable bonds is 3. The lowest BCUT2D eigenvalue weighted by atomic mass is 10.3. The van der Waals surface area contributed by atoms with Crippen LogP contribution in [0.2, 0.25) is 0 Å². The average molecular weight is 232 g/mol. The molecule has 0 N–H and O–H groups in total. The SMILES string of the molecule is COC(OC)c1cccc(Br)n1. The summed E-state index contributed by atoms with van der Waals surface area (Å²) < 4.78 is 10.8. The lowest BCUT2D eigenvalue weighted by Crippen LogP contribution is -2.05. The summed E-state index contributed by atoms with van der Waals surface area (Å²) in [6, 6.07) is 5.59. The monoisotopic (exact) mass is 231 g/mol. The lowest BCUT2D eigenvalue weighted by Gasteiger charge is -2.12. The van der Waals surface area contributed by atoms with Crippen molar-refractivity contribution in [1.29, 1.82) is 0 Å². The Labute approximate surface area is 79.8 Å². The Hall–Kier alpha value is -0.450. The molecule has 0 fully saturated rings. The normalized spacial score (nSPS) is 10.7. The Morgan fingerprint density at radius 3 is 2.50 bits per heavy atom. The maximum atomic E-state index is 5.03. The van der Waals surface area contributed by atoms with Gasteiger partial charge in [0.2, 0.25) is 6.29 Å². The predicted molar refractivity (Wildman–Crippen MR) is 48.7 cm³/mol. The Kier molecular flexibility index (Phi) is 3.65. The van der Waals surface area contributed by atoms with Gasteiger partial charge in [-0.05, 0) is 28.1 Å². The first-order valence-corrected chi connectivity index (χ1v) is 4.25. The molecule has 0 aliphatic rings. The second kappa shape index (κ2) is 4.54. The van der Waals surface area contributed by atoms with Gasteiger partial charge in [-0.25, -0.2) is 4.98 Å². The molecule has 0 spiro atoms. The van der Waals surface area contributed by atoms with E-state index in [-0.39, 0.29) is 6.29 Å². The van der Waals surface area contributed by atoms with Crippen LogP contribution in [-0.2, 0) is 9.47 Å². The third kappa shape index (κ3) is 2.27. The summed E-state index contributed by atoms with van der Waals surface area (Å²) in [5.41, 5.74) is 0.759. The number of pyridine rings is 1. The van der Waals surface area contributed by atoms with Gasteiger partial charge in [0.05, 0.1) is 5.69 Å². The fourth-order valence-electron chi connectivity index (χ4n) is 0.893. The van der Waals surface area contributed by atoms with Crippen molar-refractivity contribution in [3.63, 3.8) is 0 Å². The van der Waals surface area contributed by atoms with Gasteiger partial charge in [0, 0.05) is 14.2 Å². The first-order chi connectivity index (χ1) is 5.77. The summed E-state index contributed by atoms with van der Waals surface area (Å²) in [5, 5.41) is 0. The number of aromatic nitrogens is 1. The van der Waals surface area contributed by atoms with E-state index in [2.05, 4.69) is 20.9 Å². The highest BCUT2D eigenvalue weighted by atomic mass is 79.9. The molecule has 0 saturated carbocycles. The molecule has 1 heterocycles. The molecule has 1 aromatic heterocycles. The minimum absolute atomic E-state index is 0.387. The molecule has 1 rings (SSSR count). The molecular formula is C8H10BrNO2. The van der Waals surface area contributed by atoms with Gasteiger partial charge in [0.25, 0.3) is 0 Å². The molecule has 0 aliphatic carbocycles. The number of halogens is 1. The van der Waals surface area contributed by atoms with E-state index in [0.29, 0.717) is 0 Å². The summed E-state index contributed by atoms with van der Waals surface area (Å²) >= 11 is 3.27. The summed E-state index contributed by atoms with van der Waals surface area (Å²) in [5.74, 6) is 0. The van der Waals surface area contributed by atoms with Crippen LogP contribution in [0.1, 0.15) is 12.0 Å². The highest BCUT2D eigenvalue weighted by Crippen LogP contribution is 2.16. The Bertz CT molecular complexity index is 251. The van der Waals surface area contributed by atoms with Crippen LogP contribution in [0.5, 0.6) is 0 Å². The maximum absolute atomic E-state index is 5.03. The van der Waals surface area contributed by atoms with E-state index in [1.807, 2.05) is 18.2 Å². The van der Waals surface area contributed by atoms with E-state index < -0.39 is 0 Å². The van der Waals surface area contributed by atoms with Crippen molar-refractivity contribution in [3.8, 4) is 0 Å². The Morgan fingerprint density at radius 1 is 1.33 bits per heavy atom. The van der Waals surface area contributed by atoms with Gasteiger partial charge in [0.15, 0.2) is 0 Å². The van der Waals surface area contributed by atoms with Crippen LogP contribution in [-0.4, -0.2) is 19.2 Å². The van der Waals surface area contributed by atoms with Gasteiger partial charge >= 0.3 is 0 Å². The van der Waals surface area contributed by atoms with Crippen LogP contribution >= 0.6 is 15.9 Å². The fourth-order valence-corrected chi connectivity index (χ4v) is 1.25. The number of ether oxygens (including phenoxy) is 2.